The lowest BCUT2D eigenvalue weighted by Crippen LogP contribution is -2.29. The van der Waals surface area contributed by atoms with Gasteiger partial charge in [0.15, 0.2) is 0 Å². The van der Waals surface area contributed by atoms with Crippen LogP contribution in [-0.2, 0) is 14.8 Å². The van der Waals surface area contributed by atoms with E-state index >= 15 is 0 Å². The van der Waals surface area contributed by atoms with Crippen molar-refractivity contribution in [1.82, 2.24) is 4.72 Å². The molecule has 1 heterocycles. The zero-order valence-corrected chi connectivity index (χ0v) is 15.3. The molecule has 2 aromatic carbocycles. The molecule has 1 atom stereocenters. The van der Waals surface area contributed by atoms with Gasteiger partial charge in [-0.1, -0.05) is 41.9 Å². The molecule has 0 aliphatic carbocycles. The van der Waals surface area contributed by atoms with Crippen molar-refractivity contribution in [2.45, 2.75) is 11.0 Å². The third-order valence-electron chi connectivity index (χ3n) is 3.69. The van der Waals surface area contributed by atoms with Gasteiger partial charge in [0.1, 0.15) is 6.10 Å². The number of halogens is 1. The van der Waals surface area contributed by atoms with E-state index in [1.807, 2.05) is 30.3 Å². The van der Waals surface area contributed by atoms with Crippen LogP contribution in [-0.4, -0.2) is 22.1 Å². The average Bonchev–Trinajstić information content (AvgIpc) is 3.01. The van der Waals surface area contributed by atoms with E-state index in [2.05, 4.69) is 4.72 Å². The number of methoxy groups -OCH3 is 1. The first-order valence-electron chi connectivity index (χ1n) is 7.26. The van der Waals surface area contributed by atoms with Crippen LogP contribution < -0.4 is 4.72 Å². The van der Waals surface area contributed by atoms with E-state index in [0.29, 0.717) is 4.34 Å². The maximum absolute atomic E-state index is 12.5. The predicted octanol–water partition coefficient (Wildman–Crippen LogP) is 4.22. The first-order chi connectivity index (χ1) is 11.5. The fraction of sp³-hybridized carbons (Fsp3) is 0.176. The third-order valence-corrected chi connectivity index (χ3v) is 6.43. The lowest BCUT2D eigenvalue weighted by molar-refractivity contribution is 0.110. The fourth-order valence-electron chi connectivity index (χ4n) is 2.40. The Hall–Kier alpha value is -1.44. The fourth-order valence-corrected chi connectivity index (χ4v) is 4.61. The number of ether oxygens (including phenoxy) is 1. The molecule has 0 saturated heterocycles. The number of nitrogens with one attached hydrogen (secondary N) is 1. The Balaban J connectivity index is 1.79. The molecule has 0 amide bonds. The minimum absolute atomic E-state index is 0.141. The highest BCUT2D eigenvalue weighted by Gasteiger charge is 2.19. The molecule has 0 fully saturated rings. The molecule has 3 aromatic rings. The maximum atomic E-state index is 12.5. The minimum Gasteiger partial charge on any atom is -0.375 e. The number of hydrogen-bond donors (Lipinski definition) is 1. The van der Waals surface area contributed by atoms with Gasteiger partial charge in [-0.3, -0.25) is 0 Å². The Labute approximate surface area is 150 Å². The summed E-state index contributed by atoms with van der Waals surface area (Å²) in [6, 6.07) is 16.3. The number of hydrogen-bond acceptors (Lipinski definition) is 4. The Bertz CT molecular complexity index is 953. The van der Waals surface area contributed by atoms with Gasteiger partial charge in [-0.2, -0.15) is 0 Å². The van der Waals surface area contributed by atoms with Crippen molar-refractivity contribution < 1.29 is 13.2 Å². The lowest BCUT2D eigenvalue weighted by atomic mass is 10.1. The normalized spacial score (nSPS) is 13.2. The number of rotatable bonds is 6. The largest absolute Gasteiger partial charge is 0.375 e. The van der Waals surface area contributed by atoms with E-state index in [9.17, 15) is 8.42 Å². The van der Waals surface area contributed by atoms with Gasteiger partial charge >= 0.3 is 0 Å². The summed E-state index contributed by atoms with van der Waals surface area (Å²) >= 11 is 7.30. The Morgan fingerprint density at radius 3 is 2.54 bits per heavy atom. The molecule has 24 heavy (non-hydrogen) atoms. The number of sulfonamides is 1. The van der Waals surface area contributed by atoms with Gasteiger partial charge in [0, 0.05) is 18.5 Å². The van der Waals surface area contributed by atoms with Gasteiger partial charge < -0.3 is 4.74 Å². The van der Waals surface area contributed by atoms with E-state index in [1.165, 1.54) is 11.3 Å². The van der Waals surface area contributed by atoms with Gasteiger partial charge in [0.05, 0.1) is 9.23 Å². The van der Waals surface area contributed by atoms with Gasteiger partial charge in [-0.15, -0.1) is 11.3 Å². The van der Waals surface area contributed by atoms with Crippen LogP contribution in [0.2, 0.25) is 4.34 Å². The summed E-state index contributed by atoms with van der Waals surface area (Å²) in [6.45, 7) is 0.141. The predicted molar refractivity (Wildman–Crippen MR) is 98.2 cm³/mol. The number of thiophene rings is 1. The van der Waals surface area contributed by atoms with Crippen LogP contribution in [0.25, 0.3) is 10.8 Å². The van der Waals surface area contributed by atoms with Crippen LogP contribution in [0.15, 0.2) is 59.5 Å². The molecule has 1 unspecified atom stereocenters. The molecule has 126 valence electrons. The molecule has 0 saturated carbocycles. The monoisotopic (exact) mass is 381 g/mol. The topological polar surface area (TPSA) is 55.4 Å². The van der Waals surface area contributed by atoms with E-state index in [-0.39, 0.29) is 17.5 Å². The Morgan fingerprint density at radius 1 is 1.12 bits per heavy atom. The Kier molecular flexibility index (Phi) is 5.22. The molecule has 0 aliphatic rings. The SMILES string of the molecule is COC(CNS(=O)(=O)c1ccc2ccccc2c1)c1ccc(Cl)s1. The average molecular weight is 382 g/mol. The highest BCUT2D eigenvalue weighted by Crippen LogP contribution is 2.28. The Morgan fingerprint density at radius 2 is 1.88 bits per heavy atom. The van der Waals surface area contributed by atoms with Crippen LogP contribution in [0.1, 0.15) is 11.0 Å². The van der Waals surface area contributed by atoms with E-state index in [1.54, 1.807) is 31.4 Å². The van der Waals surface area contributed by atoms with Gasteiger partial charge in [-0.05, 0) is 35.0 Å². The molecule has 0 radical (unpaired) electrons. The molecule has 7 heteroatoms. The van der Waals surface area contributed by atoms with Crippen LogP contribution in [0.5, 0.6) is 0 Å². The highest BCUT2D eigenvalue weighted by atomic mass is 35.5. The number of fused-ring (bicyclic) bond motifs is 1. The summed E-state index contributed by atoms with van der Waals surface area (Å²) < 4.78 is 33.7. The van der Waals surface area contributed by atoms with Crippen LogP contribution in [0, 0.1) is 0 Å². The van der Waals surface area contributed by atoms with Crippen molar-refractivity contribution in [3.63, 3.8) is 0 Å². The third kappa shape index (κ3) is 3.79. The summed E-state index contributed by atoms with van der Waals surface area (Å²) in [5.41, 5.74) is 0. The summed E-state index contributed by atoms with van der Waals surface area (Å²) in [4.78, 5) is 1.11. The molecule has 0 spiro atoms. The number of benzene rings is 2. The molecular formula is C17H16ClNO3S2. The summed E-state index contributed by atoms with van der Waals surface area (Å²) in [7, 11) is -2.07. The smallest absolute Gasteiger partial charge is 0.240 e. The van der Waals surface area contributed by atoms with E-state index in [4.69, 9.17) is 16.3 Å². The first-order valence-corrected chi connectivity index (χ1v) is 9.94. The van der Waals surface area contributed by atoms with Crippen molar-refractivity contribution >= 4 is 43.7 Å². The second-order valence-corrected chi connectivity index (χ2v) is 8.74. The maximum Gasteiger partial charge on any atom is 0.240 e. The van der Waals surface area contributed by atoms with E-state index in [0.717, 1.165) is 15.6 Å². The molecule has 1 N–H and O–H groups in total. The van der Waals surface area contributed by atoms with E-state index < -0.39 is 10.0 Å². The van der Waals surface area contributed by atoms with Crippen molar-refractivity contribution in [3.8, 4) is 0 Å². The zero-order valence-electron chi connectivity index (χ0n) is 12.9. The molecule has 1 aromatic heterocycles. The van der Waals surface area contributed by atoms with Gasteiger partial charge in [-0.25, -0.2) is 13.1 Å². The van der Waals surface area contributed by atoms with Crippen molar-refractivity contribution in [3.05, 3.63) is 63.8 Å². The van der Waals surface area contributed by atoms with Crippen molar-refractivity contribution in [1.29, 1.82) is 0 Å². The standard InChI is InChI=1S/C17H16ClNO3S2/c1-22-15(16-8-9-17(18)23-16)11-19-24(20,21)14-7-6-12-4-2-3-5-13(12)10-14/h2-10,15,19H,11H2,1H3. The summed E-state index contributed by atoms with van der Waals surface area (Å²) in [6.07, 6.45) is -0.377. The molecule has 0 bridgehead atoms. The molecule has 3 rings (SSSR count). The highest BCUT2D eigenvalue weighted by molar-refractivity contribution is 7.89. The lowest BCUT2D eigenvalue weighted by Gasteiger charge is -2.15. The van der Waals surface area contributed by atoms with Gasteiger partial charge in [0.2, 0.25) is 10.0 Å². The van der Waals surface area contributed by atoms with Crippen LogP contribution in [0.3, 0.4) is 0 Å². The zero-order chi connectivity index (χ0) is 17.2. The second kappa shape index (κ2) is 7.21. The van der Waals surface area contributed by atoms with Crippen LogP contribution in [0.4, 0.5) is 0 Å². The quantitative estimate of drug-likeness (QED) is 0.695. The molecular weight excluding hydrogens is 366 g/mol. The first kappa shape index (κ1) is 17.4. The molecule has 4 nitrogen and oxygen atoms in total. The van der Waals surface area contributed by atoms with Gasteiger partial charge in [0.25, 0.3) is 0 Å². The van der Waals surface area contributed by atoms with Crippen LogP contribution >= 0.6 is 22.9 Å². The van der Waals surface area contributed by atoms with Crippen molar-refractivity contribution in [2.75, 3.05) is 13.7 Å². The van der Waals surface area contributed by atoms with Crippen molar-refractivity contribution in [2.24, 2.45) is 0 Å². The second-order valence-electron chi connectivity index (χ2n) is 5.23. The summed E-state index contributed by atoms with van der Waals surface area (Å²) in [5, 5.41) is 1.88. The molecule has 0 aliphatic heterocycles. The minimum atomic E-state index is -3.62. The summed E-state index contributed by atoms with van der Waals surface area (Å²) in [5.74, 6) is 0.